The van der Waals surface area contributed by atoms with E-state index in [-0.39, 0.29) is 11.2 Å². The lowest BCUT2D eigenvalue weighted by molar-refractivity contribution is 0.178. The van der Waals surface area contributed by atoms with Crippen molar-refractivity contribution in [3.05, 3.63) is 47.6 Å². The van der Waals surface area contributed by atoms with Crippen molar-refractivity contribution in [2.24, 2.45) is 5.41 Å². The molecule has 0 heterocycles. The van der Waals surface area contributed by atoms with E-state index in [0.29, 0.717) is 12.0 Å². The molecule has 98 valence electrons. The minimum Gasteiger partial charge on any atom is -0.508 e. The molecule has 2 atom stereocenters. The molecule has 2 rings (SSSR count). The predicted octanol–water partition coefficient (Wildman–Crippen LogP) is 3.02. The fourth-order valence-corrected chi connectivity index (χ4v) is 2.24. The Morgan fingerprint density at radius 3 is 2.68 bits per heavy atom. The van der Waals surface area contributed by atoms with Crippen molar-refractivity contribution in [2.75, 3.05) is 0 Å². The molecule has 0 radical (unpaired) electrons. The average molecular weight is 255 g/mol. The van der Waals surface area contributed by atoms with Crippen molar-refractivity contribution in [1.29, 1.82) is 5.26 Å². The van der Waals surface area contributed by atoms with E-state index in [1.165, 1.54) is 0 Å². The molecule has 1 aromatic rings. The average Bonchev–Trinajstić information content (AvgIpc) is 2.41. The summed E-state index contributed by atoms with van der Waals surface area (Å²) in [4.78, 5) is 0. The van der Waals surface area contributed by atoms with Gasteiger partial charge in [-0.3, -0.25) is 0 Å². The molecule has 0 aliphatic heterocycles. The largest absolute Gasteiger partial charge is 0.508 e. The Kier molecular flexibility index (Phi) is 3.73. The van der Waals surface area contributed by atoms with E-state index in [1.807, 2.05) is 37.3 Å². The third-order valence-electron chi connectivity index (χ3n) is 3.48. The van der Waals surface area contributed by atoms with Crippen molar-refractivity contribution in [1.82, 2.24) is 0 Å². The second kappa shape index (κ2) is 5.29. The number of hydrogen-bond donors (Lipinski definition) is 2. The van der Waals surface area contributed by atoms with E-state index in [9.17, 15) is 10.2 Å². The Morgan fingerprint density at radius 2 is 2.05 bits per heavy atom. The van der Waals surface area contributed by atoms with Crippen LogP contribution < -0.4 is 0 Å². The van der Waals surface area contributed by atoms with E-state index in [0.717, 1.165) is 12.0 Å². The summed E-state index contributed by atoms with van der Waals surface area (Å²) < 4.78 is 0. The van der Waals surface area contributed by atoms with Crippen LogP contribution in [-0.4, -0.2) is 16.3 Å². The third-order valence-corrected chi connectivity index (χ3v) is 3.48. The summed E-state index contributed by atoms with van der Waals surface area (Å²) in [7, 11) is 0. The molecule has 0 aromatic heterocycles. The lowest BCUT2D eigenvalue weighted by Gasteiger charge is -2.29. The van der Waals surface area contributed by atoms with Crippen molar-refractivity contribution >= 4 is 6.08 Å². The lowest BCUT2D eigenvalue weighted by atomic mass is 9.76. The van der Waals surface area contributed by atoms with E-state index < -0.39 is 6.10 Å². The molecule has 1 aliphatic carbocycles. The first-order chi connectivity index (χ1) is 9.02. The fraction of sp³-hybridized carbons (Fsp3) is 0.312. The molecule has 1 aromatic carbocycles. The van der Waals surface area contributed by atoms with Crippen molar-refractivity contribution in [3.8, 4) is 11.8 Å². The first-order valence-electron chi connectivity index (χ1n) is 6.32. The van der Waals surface area contributed by atoms with Crippen LogP contribution in [0.1, 0.15) is 25.3 Å². The lowest BCUT2D eigenvalue weighted by Crippen LogP contribution is -2.23. The van der Waals surface area contributed by atoms with Crippen LogP contribution in [0, 0.1) is 16.7 Å². The number of hydrogen-bond acceptors (Lipinski definition) is 3. The number of nitrogens with zero attached hydrogens (tertiary/aromatic N) is 1. The van der Waals surface area contributed by atoms with E-state index in [2.05, 4.69) is 6.07 Å². The normalized spacial score (nSPS) is 27.0. The molecule has 0 fully saturated rings. The van der Waals surface area contributed by atoms with Gasteiger partial charge in [0.2, 0.25) is 0 Å². The van der Waals surface area contributed by atoms with Crippen LogP contribution in [-0.2, 0) is 0 Å². The number of nitriles is 1. The highest BCUT2D eigenvalue weighted by molar-refractivity contribution is 5.52. The number of rotatable bonds is 2. The van der Waals surface area contributed by atoms with Gasteiger partial charge in [0.05, 0.1) is 17.7 Å². The zero-order valence-corrected chi connectivity index (χ0v) is 10.9. The van der Waals surface area contributed by atoms with Crippen LogP contribution in [0.3, 0.4) is 0 Å². The van der Waals surface area contributed by atoms with Crippen LogP contribution in [0.4, 0.5) is 0 Å². The fourth-order valence-electron chi connectivity index (χ4n) is 2.24. The molecule has 2 N–H and O–H groups in total. The molecule has 19 heavy (non-hydrogen) atoms. The molecule has 3 heteroatoms. The maximum absolute atomic E-state index is 9.67. The topological polar surface area (TPSA) is 64.2 Å². The third kappa shape index (κ3) is 3.24. The SMILES string of the molecule is C[C@]1(/C=C/c2ccc(O)cc2)C=C(C#N)C(O)CC1. The number of phenols is 1. The molecule has 1 aliphatic rings. The van der Waals surface area contributed by atoms with Crippen molar-refractivity contribution in [3.63, 3.8) is 0 Å². The summed E-state index contributed by atoms with van der Waals surface area (Å²) in [6.45, 7) is 2.05. The number of allylic oxidation sites excluding steroid dienone is 2. The number of phenolic OH excluding ortho intramolecular Hbond substituents is 1. The number of aliphatic hydroxyl groups is 1. The second-order valence-electron chi connectivity index (χ2n) is 5.20. The Balaban J connectivity index is 2.20. The second-order valence-corrected chi connectivity index (χ2v) is 5.20. The first-order valence-corrected chi connectivity index (χ1v) is 6.32. The zero-order chi connectivity index (χ0) is 13.9. The van der Waals surface area contributed by atoms with Crippen LogP contribution in [0.15, 0.2) is 42.0 Å². The van der Waals surface area contributed by atoms with Gasteiger partial charge in [-0.25, -0.2) is 0 Å². The summed E-state index contributed by atoms with van der Waals surface area (Å²) in [5, 5.41) is 27.9. The van der Waals surface area contributed by atoms with Crippen LogP contribution in [0.25, 0.3) is 6.08 Å². The number of aliphatic hydroxyl groups excluding tert-OH is 1. The highest BCUT2D eigenvalue weighted by atomic mass is 16.3. The molecular weight excluding hydrogens is 238 g/mol. The molecule has 0 saturated heterocycles. The van der Waals surface area contributed by atoms with E-state index in [4.69, 9.17) is 5.26 Å². The van der Waals surface area contributed by atoms with Gasteiger partial charge in [-0.05, 0) is 30.5 Å². The molecule has 1 unspecified atom stereocenters. The molecule has 0 spiro atoms. The zero-order valence-electron chi connectivity index (χ0n) is 10.9. The Labute approximate surface area is 113 Å². The van der Waals surface area contributed by atoms with Gasteiger partial charge in [-0.2, -0.15) is 5.26 Å². The Bertz CT molecular complexity index is 551. The first kappa shape index (κ1) is 13.4. The van der Waals surface area contributed by atoms with Gasteiger partial charge >= 0.3 is 0 Å². The van der Waals surface area contributed by atoms with Crippen molar-refractivity contribution < 1.29 is 10.2 Å². The molecule has 3 nitrogen and oxygen atoms in total. The van der Waals surface area contributed by atoms with E-state index >= 15 is 0 Å². The minimum atomic E-state index is -0.625. The standard InChI is InChI=1S/C16H17NO2/c1-16(9-7-15(19)13(10-16)11-17)8-6-12-2-4-14(18)5-3-12/h2-6,8,10,15,18-19H,7,9H2,1H3/b8-6+/t15?,16-/m1/s1. The summed E-state index contributed by atoms with van der Waals surface area (Å²) in [5.74, 6) is 0.246. The maximum atomic E-state index is 9.67. The molecule has 0 amide bonds. The monoisotopic (exact) mass is 255 g/mol. The maximum Gasteiger partial charge on any atom is 0.115 e. The summed E-state index contributed by atoms with van der Waals surface area (Å²) in [5.41, 5.74) is 1.24. The smallest absolute Gasteiger partial charge is 0.115 e. The molecule has 0 bridgehead atoms. The van der Waals surface area contributed by atoms with Gasteiger partial charge in [0, 0.05) is 5.41 Å². The Hall–Kier alpha value is -2.05. The van der Waals surface area contributed by atoms with Crippen LogP contribution in [0.5, 0.6) is 5.75 Å². The minimum absolute atomic E-state index is 0.206. The highest BCUT2D eigenvalue weighted by Crippen LogP contribution is 2.35. The van der Waals surface area contributed by atoms with Gasteiger partial charge in [0.1, 0.15) is 5.75 Å². The predicted molar refractivity (Wildman–Crippen MR) is 74.2 cm³/mol. The summed E-state index contributed by atoms with van der Waals surface area (Å²) in [6.07, 6.45) is 6.66. The molecular formula is C16H17NO2. The summed E-state index contributed by atoms with van der Waals surface area (Å²) in [6, 6.07) is 9.01. The van der Waals surface area contributed by atoms with Gasteiger partial charge < -0.3 is 10.2 Å². The van der Waals surface area contributed by atoms with Crippen molar-refractivity contribution in [2.45, 2.75) is 25.9 Å². The Morgan fingerprint density at radius 1 is 1.37 bits per heavy atom. The van der Waals surface area contributed by atoms with Gasteiger partial charge in [-0.15, -0.1) is 0 Å². The molecule has 0 saturated carbocycles. The summed E-state index contributed by atoms with van der Waals surface area (Å²) >= 11 is 0. The highest BCUT2D eigenvalue weighted by Gasteiger charge is 2.28. The number of aromatic hydroxyl groups is 1. The van der Waals surface area contributed by atoms with Gasteiger partial charge in [0.25, 0.3) is 0 Å². The van der Waals surface area contributed by atoms with Gasteiger partial charge in [-0.1, -0.05) is 37.3 Å². The van der Waals surface area contributed by atoms with E-state index in [1.54, 1.807) is 12.1 Å². The van der Waals surface area contributed by atoms with Crippen LogP contribution >= 0.6 is 0 Å². The quantitative estimate of drug-likeness (QED) is 0.853. The van der Waals surface area contributed by atoms with Crippen LogP contribution in [0.2, 0.25) is 0 Å². The van der Waals surface area contributed by atoms with Gasteiger partial charge in [0.15, 0.2) is 0 Å². The number of benzene rings is 1.